The minimum absolute atomic E-state index is 0.0534. The van der Waals surface area contributed by atoms with Crippen molar-refractivity contribution in [2.45, 2.75) is 19.0 Å². The Morgan fingerprint density at radius 1 is 1.00 bits per heavy atom. The minimum Gasteiger partial charge on any atom is -0.496 e. The topological polar surface area (TPSA) is 78.6 Å². The molecule has 0 aliphatic rings. The monoisotopic (exact) mass is 435 g/mol. The number of benzene rings is 2. The van der Waals surface area contributed by atoms with Crippen molar-refractivity contribution in [1.82, 2.24) is 4.98 Å². The van der Waals surface area contributed by atoms with E-state index in [9.17, 15) is 13.2 Å². The van der Waals surface area contributed by atoms with Crippen molar-refractivity contribution in [3.05, 3.63) is 48.0 Å². The molecule has 31 heavy (non-hydrogen) atoms. The van der Waals surface area contributed by atoms with E-state index in [0.29, 0.717) is 41.4 Å². The number of unbranched alkanes of at least 4 members (excludes halogenated alkanes) is 1. The molecule has 3 N–H and O–H groups in total. The summed E-state index contributed by atoms with van der Waals surface area (Å²) >= 11 is 0. The summed E-state index contributed by atoms with van der Waals surface area (Å²) in [5, 5.41) is 3.83. The zero-order chi connectivity index (χ0) is 22.4. The van der Waals surface area contributed by atoms with E-state index in [1.165, 1.54) is 26.4 Å². The summed E-state index contributed by atoms with van der Waals surface area (Å²) in [7, 11) is 2.98. The van der Waals surface area contributed by atoms with Gasteiger partial charge in [0.2, 0.25) is 5.88 Å². The third-order valence-electron chi connectivity index (χ3n) is 4.63. The first-order valence-electron chi connectivity index (χ1n) is 9.72. The molecule has 0 spiro atoms. The fourth-order valence-electron chi connectivity index (χ4n) is 3.10. The van der Waals surface area contributed by atoms with E-state index in [2.05, 4.69) is 10.3 Å². The summed E-state index contributed by atoms with van der Waals surface area (Å²) < 4.78 is 55.8. The molecule has 3 rings (SSSR count). The average molecular weight is 435 g/mol. The number of pyridine rings is 1. The molecule has 2 aromatic carbocycles. The highest BCUT2D eigenvalue weighted by Crippen LogP contribution is 2.41. The van der Waals surface area contributed by atoms with Gasteiger partial charge in [-0.25, -0.2) is 4.98 Å². The third kappa shape index (κ3) is 5.29. The lowest BCUT2D eigenvalue weighted by molar-refractivity contribution is -0.137. The van der Waals surface area contributed by atoms with Crippen LogP contribution in [-0.2, 0) is 6.18 Å². The number of nitrogens with one attached hydrogen (secondary N) is 1. The predicted molar refractivity (Wildman–Crippen MR) is 113 cm³/mol. The number of anilines is 1. The molecule has 0 saturated heterocycles. The van der Waals surface area contributed by atoms with Crippen LogP contribution in [0.2, 0.25) is 0 Å². The molecular weight excluding hydrogens is 411 g/mol. The van der Waals surface area contributed by atoms with Crippen molar-refractivity contribution in [3.8, 4) is 23.1 Å². The Labute approximate surface area is 178 Å². The van der Waals surface area contributed by atoms with E-state index < -0.39 is 11.7 Å². The molecule has 0 atom stereocenters. The van der Waals surface area contributed by atoms with Crippen LogP contribution in [-0.4, -0.2) is 32.3 Å². The van der Waals surface area contributed by atoms with Gasteiger partial charge in [0.1, 0.15) is 22.8 Å². The standard InChI is InChI=1S/C22H24F3N3O3/c1-29-18-13-19(30-2)28-21-16(27-11-4-3-10-26)8-9-17(20(18)21)31-15-7-5-6-14(12-15)22(23,24)25/h5-9,12-13,27H,3-4,10-11,26H2,1-2H3. The fraction of sp³-hybridized carbons (Fsp3) is 0.318. The van der Waals surface area contributed by atoms with Crippen LogP contribution in [0, 0.1) is 0 Å². The zero-order valence-corrected chi connectivity index (χ0v) is 17.3. The Morgan fingerprint density at radius 2 is 1.81 bits per heavy atom. The van der Waals surface area contributed by atoms with Crippen molar-refractivity contribution < 1.29 is 27.4 Å². The van der Waals surface area contributed by atoms with Crippen LogP contribution in [0.4, 0.5) is 18.9 Å². The van der Waals surface area contributed by atoms with Crippen LogP contribution in [0.25, 0.3) is 10.9 Å². The lowest BCUT2D eigenvalue weighted by Gasteiger charge is -2.17. The van der Waals surface area contributed by atoms with Gasteiger partial charge in [0.05, 0.1) is 30.9 Å². The maximum absolute atomic E-state index is 13.1. The molecule has 0 bridgehead atoms. The number of halogens is 3. The Kier molecular flexibility index (Phi) is 7.06. The maximum Gasteiger partial charge on any atom is 0.416 e. The van der Waals surface area contributed by atoms with Gasteiger partial charge in [-0.3, -0.25) is 0 Å². The van der Waals surface area contributed by atoms with Gasteiger partial charge in [-0.15, -0.1) is 0 Å². The van der Waals surface area contributed by atoms with Crippen molar-refractivity contribution in [2.24, 2.45) is 5.73 Å². The van der Waals surface area contributed by atoms with E-state index in [4.69, 9.17) is 19.9 Å². The second-order valence-corrected chi connectivity index (χ2v) is 6.75. The highest BCUT2D eigenvalue weighted by atomic mass is 19.4. The van der Waals surface area contributed by atoms with Crippen LogP contribution in [0.15, 0.2) is 42.5 Å². The first-order chi connectivity index (χ1) is 14.9. The number of ether oxygens (including phenoxy) is 3. The lowest BCUT2D eigenvalue weighted by Crippen LogP contribution is -2.07. The second kappa shape index (κ2) is 9.74. The molecular formula is C22H24F3N3O3. The largest absolute Gasteiger partial charge is 0.496 e. The molecule has 9 heteroatoms. The molecule has 1 heterocycles. The van der Waals surface area contributed by atoms with Gasteiger partial charge in [0, 0.05) is 12.6 Å². The average Bonchev–Trinajstić information content (AvgIpc) is 2.76. The van der Waals surface area contributed by atoms with Crippen molar-refractivity contribution in [2.75, 3.05) is 32.6 Å². The van der Waals surface area contributed by atoms with Gasteiger partial charge in [0.15, 0.2) is 0 Å². The van der Waals surface area contributed by atoms with E-state index in [-0.39, 0.29) is 5.75 Å². The first-order valence-corrected chi connectivity index (χ1v) is 9.72. The van der Waals surface area contributed by atoms with Gasteiger partial charge < -0.3 is 25.3 Å². The molecule has 0 saturated carbocycles. The molecule has 0 radical (unpaired) electrons. The first kappa shape index (κ1) is 22.5. The second-order valence-electron chi connectivity index (χ2n) is 6.75. The lowest BCUT2D eigenvalue weighted by atomic mass is 10.1. The Hall–Kier alpha value is -3.20. The van der Waals surface area contributed by atoms with Gasteiger partial charge in [0.25, 0.3) is 0 Å². The Balaban J connectivity index is 2.06. The van der Waals surface area contributed by atoms with Crippen LogP contribution in [0.5, 0.6) is 23.1 Å². The molecule has 0 amide bonds. The molecule has 0 unspecified atom stereocenters. The Morgan fingerprint density at radius 3 is 2.48 bits per heavy atom. The molecule has 6 nitrogen and oxygen atoms in total. The predicted octanol–water partition coefficient (Wildman–Crippen LogP) is 5.21. The smallest absolute Gasteiger partial charge is 0.416 e. The molecule has 3 aromatic rings. The van der Waals surface area contributed by atoms with Crippen molar-refractivity contribution in [3.63, 3.8) is 0 Å². The molecule has 0 aliphatic carbocycles. The number of hydrogen-bond acceptors (Lipinski definition) is 6. The summed E-state index contributed by atoms with van der Waals surface area (Å²) in [5.41, 5.74) is 6.00. The highest BCUT2D eigenvalue weighted by Gasteiger charge is 2.30. The number of nitrogens with zero attached hydrogens (tertiary/aromatic N) is 1. The van der Waals surface area contributed by atoms with Gasteiger partial charge in [-0.2, -0.15) is 13.2 Å². The van der Waals surface area contributed by atoms with Crippen LogP contribution < -0.4 is 25.3 Å². The fourth-order valence-corrected chi connectivity index (χ4v) is 3.10. The van der Waals surface area contributed by atoms with Gasteiger partial charge >= 0.3 is 6.18 Å². The summed E-state index contributed by atoms with van der Waals surface area (Å²) in [6.07, 6.45) is -2.71. The third-order valence-corrected chi connectivity index (χ3v) is 4.63. The van der Waals surface area contributed by atoms with E-state index in [1.807, 2.05) is 0 Å². The number of methoxy groups -OCH3 is 2. The Bertz CT molecular complexity index is 1040. The quantitative estimate of drug-likeness (QED) is 0.449. The maximum atomic E-state index is 13.1. The number of aromatic nitrogens is 1. The van der Waals surface area contributed by atoms with Crippen LogP contribution in [0.3, 0.4) is 0 Å². The van der Waals surface area contributed by atoms with Crippen molar-refractivity contribution in [1.29, 1.82) is 0 Å². The van der Waals surface area contributed by atoms with Crippen LogP contribution >= 0.6 is 0 Å². The normalized spacial score (nSPS) is 11.4. The molecule has 166 valence electrons. The number of rotatable bonds is 9. The minimum atomic E-state index is -4.47. The number of fused-ring (bicyclic) bond motifs is 1. The zero-order valence-electron chi connectivity index (χ0n) is 17.3. The summed E-state index contributed by atoms with van der Waals surface area (Å²) in [5.74, 6) is 1.13. The van der Waals surface area contributed by atoms with Gasteiger partial charge in [-0.1, -0.05) is 6.07 Å². The van der Waals surface area contributed by atoms with Crippen molar-refractivity contribution >= 4 is 16.6 Å². The molecule has 1 aromatic heterocycles. The number of hydrogen-bond donors (Lipinski definition) is 2. The van der Waals surface area contributed by atoms with Crippen LogP contribution in [0.1, 0.15) is 18.4 Å². The summed E-state index contributed by atoms with van der Waals surface area (Å²) in [4.78, 5) is 4.51. The van der Waals surface area contributed by atoms with E-state index in [0.717, 1.165) is 30.7 Å². The van der Waals surface area contributed by atoms with E-state index >= 15 is 0 Å². The summed E-state index contributed by atoms with van der Waals surface area (Å²) in [6.45, 7) is 1.29. The number of nitrogens with two attached hydrogens (primary N) is 1. The van der Waals surface area contributed by atoms with Gasteiger partial charge in [-0.05, 0) is 49.7 Å². The number of alkyl halides is 3. The highest BCUT2D eigenvalue weighted by molar-refractivity contribution is 5.99. The summed E-state index contributed by atoms with van der Waals surface area (Å²) in [6, 6.07) is 9.74. The molecule has 0 aliphatic heterocycles. The SMILES string of the molecule is COc1cc(OC)c2c(Oc3cccc(C(F)(F)F)c3)ccc(NCCCCN)c2n1. The van der Waals surface area contributed by atoms with E-state index in [1.54, 1.807) is 18.2 Å². The molecule has 0 fully saturated rings.